The highest BCUT2D eigenvalue weighted by Crippen LogP contribution is 2.20. The van der Waals surface area contributed by atoms with Crippen LogP contribution in [0.15, 0.2) is 24.3 Å². The minimum absolute atomic E-state index is 0.136. The molecule has 0 saturated heterocycles. The molecule has 1 unspecified atom stereocenters. The van der Waals surface area contributed by atoms with E-state index in [1.807, 2.05) is 31.2 Å². The second kappa shape index (κ2) is 5.65. The van der Waals surface area contributed by atoms with Crippen LogP contribution in [0.3, 0.4) is 0 Å². The van der Waals surface area contributed by atoms with Gasteiger partial charge in [0.2, 0.25) is 0 Å². The molecule has 4 heteroatoms. The van der Waals surface area contributed by atoms with Crippen LogP contribution in [0.25, 0.3) is 0 Å². The summed E-state index contributed by atoms with van der Waals surface area (Å²) in [7, 11) is -1.24. The average molecular weight is 255 g/mol. The molecule has 0 aliphatic carbocycles. The molecule has 96 valence electrons. The molecule has 0 amide bonds. The standard InChI is InChI=1S/C13H21NO2S/c1-10(2)17(15,16)9-13(14-4)12-8-6-5-7-11(12)3/h5-8,10,13-14H,9H2,1-4H3. The number of nitrogens with one attached hydrogen (secondary N) is 1. The smallest absolute Gasteiger partial charge is 0.154 e. The highest BCUT2D eigenvalue weighted by atomic mass is 32.2. The van der Waals surface area contributed by atoms with Crippen molar-refractivity contribution in [3.05, 3.63) is 35.4 Å². The zero-order valence-electron chi connectivity index (χ0n) is 10.9. The van der Waals surface area contributed by atoms with Gasteiger partial charge in [0.05, 0.1) is 11.0 Å². The van der Waals surface area contributed by atoms with E-state index >= 15 is 0 Å². The zero-order valence-corrected chi connectivity index (χ0v) is 11.7. The van der Waals surface area contributed by atoms with Gasteiger partial charge < -0.3 is 5.32 Å². The third kappa shape index (κ3) is 3.54. The summed E-state index contributed by atoms with van der Waals surface area (Å²) in [6, 6.07) is 7.74. The number of sulfone groups is 1. The van der Waals surface area contributed by atoms with Gasteiger partial charge in [-0.15, -0.1) is 0 Å². The fourth-order valence-electron chi connectivity index (χ4n) is 1.73. The third-order valence-corrected chi connectivity index (χ3v) is 5.26. The molecule has 0 radical (unpaired) electrons. The lowest BCUT2D eigenvalue weighted by atomic mass is 10.0. The Morgan fingerprint density at radius 2 is 1.82 bits per heavy atom. The van der Waals surface area contributed by atoms with Gasteiger partial charge in [-0.3, -0.25) is 0 Å². The largest absolute Gasteiger partial charge is 0.312 e. The maximum absolute atomic E-state index is 11.9. The Bertz CT molecular complexity index is 466. The summed E-state index contributed by atoms with van der Waals surface area (Å²) in [6.07, 6.45) is 0. The van der Waals surface area contributed by atoms with Crippen molar-refractivity contribution < 1.29 is 8.42 Å². The lowest BCUT2D eigenvalue weighted by Crippen LogP contribution is -2.29. The first-order chi connectivity index (χ1) is 7.88. The summed E-state index contributed by atoms with van der Waals surface area (Å²) in [5.74, 6) is 0.145. The molecule has 3 nitrogen and oxygen atoms in total. The second-order valence-corrected chi connectivity index (χ2v) is 7.18. The highest BCUT2D eigenvalue weighted by Gasteiger charge is 2.23. The average Bonchev–Trinajstić information content (AvgIpc) is 2.26. The predicted octanol–water partition coefficient (Wildman–Crippen LogP) is 2.08. The molecule has 0 aliphatic rings. The molecule has 0 spiro atoms. The molecule has 0 aliphatic heterocycles. The van der Waals surface area contributed by atoms with Crippen LogP contribution in [-0.4, -0.2) is 26.5 Å². The Balaban J connectivity index is 2.99. The normalized spacial score (nSPS) is 13.9. The van der Waals surface area contributed by atoms with Gasteiger partial charge in [-0.25, -0.2) is 8.42 Å². The maximum atomic E-state index is 11.9. The van der Waals surface area contributed by atoms with Gasteiger partial charge in [0.1, 0.15) is 0 Å². The quantitative estimate of drug-likeness (QED) is 0.876. The van der Waals surface area contributed by atoms with Crippen LogP contribution in [0.5, 0.6) is 0 Å². The molecule has 0 aromatic heterocycles. The topological polar surface area (TPSA) is 46.2 Å². The van der Waals surface area contributed by atoms with E-state index in [0.717, 1.165) is 11.1 Å². The van der Waals surface area contributed by atoms with E-state index in [1.165, 1.54) is 0 Å². The number of rotatable bonds is 5. The molecule has 1 rings (SSSR count). The van der Waals surface area contributed by atoms with E-state index in [2.05, 4.69) is 5.32 Å². The SMILES string of the molecule is CNC(CS(=O)(=O)C(C)C)c1ccccc1C. The van der Waals surface area contributed by atoms with Crippen LogP contribution in [0.4, 0.5) is 0 Å². The summed E-state index contributed by atoms with van der Waals surface area (Å²) in [5, 5.41) is 2.76. The lowest BCUT2D eigenvalue weighted by Gasteiger charge is -2.20. The molecular weight excluding hydrogens is 234 g/mol. The highest BCUT2D eigenvalue weighted by molar-refractivity contribution is 7.92. The molecule has 0 saturated carbocycles. The minimum Gasteiger partial charge on any atom is -0.312 e. The van der Waals surface area contributed by atoms with E-state index < -0.39 is 9.84 Å². The Morgan fingerprint density at radius 3 is 2.29 bits per heavy atom. The van der Waals surface area contributed by atoms with Crippen LogP contribution >= 0.6 is 0 Å². The zero-order chi connectivity index (χ0) is 13.1. The minimum atomic E-state index is -3.04. The first-order valence-corrected chi connectivity index (χ1v) is 7.54. The van der Waals surface area contributed by atoms with Crippen molar-refractivity contribution in [3.63, 3.8) is 0 Å². The van der Waals surface area contributed by atoms with Gasteiger partial charge >= 0.3 is 0 Å². The number of hydrogen-bond donors (Lipinski definition) is 1. The van der Waals surface area contributed by atoms with Crippen molar-refractivity contribution in [1.29, 1.82) is 0 Å². The van der Waals surface area contributed by atoms with E-state index in [0.29, 0.717) is 0 Å². The molecule has 0 heterocycles. The molecule has 1 aromatic rings. The maximum Gasteiger partial charge on any atom is 0.154 e. The van der Waals surface area contributed by atoms with Crippen molar-refractivity contribution in [2.45, 2.75) is 32.1 Å². The van der Waals surface area contributed by atoms with Gasteiger partial charge in [0.15, 0.2) is 9.84 Å². The summed E-state index contributed by atoms with van der Waals surface area (Å²) in [5.41, 5.74) is 2.17. The summed E-state index contributed by atoms with van der Waals surface area (Å²) in [4.78, 5) is 0. The Hall–Kier alpha value is -0.870. The van der Waals surface area contributed by atoms with Crippen LogP contribution in [0.1, 0.15) is 31.0 Å². The third-order valence-electron chi connectivity index (χ3n) is 3.03. The molecule has 0 fully saturated rings. The summed E-state index contributed by atoms with van der Waals surface area (Å²) < 4.78 is 23.9. The van der Waals surface area contributed by atoms with Gasteiger partial charge in [-0.1, -0.05) is 24.3 Å². The van der Waals surface area contributed by atoms with Gasteiger partial charge in [-0.2, -0.15) is 0 Å². The first-order valence-electron chi connectivity index (χ1n) is 5.83. The van der Waals surface area contributed by atoms with Gasteiger partial charge in [-0.05, 0) is 38.9 Å². The molecule has 17 heavy (non-hydrogen) atoms. The number of aryl methyl sites for hydroxylation is 1. The van der Waals surface area contributed by atoms with E-state index in [9.17, 15) is 8.42 Å². The Labute approximate surface area is 104 Å². The van der Waals surface area contributed by atoms with E-state index in [1.54, 1.807) is 20.9 Å². The lowest BCUT2D eigenvalue weighted by molar-refractivity contribution is 0.566. The van der Waals surface area contributed by atoms with Gasteiger partial charge in [0.25, 0.3) is 0 Å². The van der Waals surface area contributed by atoms with Crippen molar-refractivity contribution in [2.75, 3.05) is 12.8 Å². The van der Waals surface area contributed by atoms with Crippen LogP contribution < -0.4 is 5.32 Å². The van der Waals surface area contributed by atoms with E-state index in [4.69, 9.17) is 0 Å². The van der Waals surface area contributed by atoms with Crippen LogP contribution in [0, 0.1) is 6.92 Å². The molecule has 1 N–H and O–H groups in total. The van der Waals surface area contributed by atoms with Crippen LogP contribution in [0.2, 0.25) is 0 Å². The van der Waals surface area contributed by atoms with Crippen LogP contribution in [-0.2, 0) is 9.84 Å². The molecule has 1 aromatic carbocycles. The predicted molar refractivity (Wildman–Crippen MR) is 71.9 cm³/mol. The fourth-order valence-corrected chi connectivity index (χ4v) is 2.93. The van der Waals surface area contributed by atoms with Gasteiger partial charge in [0, 0.05) is 6.04 Å². The Morgan fingerprint density at radius 1 is 1.24 bits per heavy atom. The summed E-state index contributed by atoms with van der Waals surface area (Å²) in [6.45, 7) is 5.45. The van der Waals surface area contributed by atoms with Crippen molar-refractivity contribution >= 4 is 9.84 Å². The van der Waals surface area contributed by atoms with Crippen molar-refractivity contribution in [2.24, 2.45) is 0 Å². The monoisotopic (exact) mass is 255 g/mol. The number of hydrogen-bond acceptors (Lipinski definition) is 3. The first kappa shape index (κ1) is 14.2. The molecular formula is C13H21NO2S. The van der Waals surface area contributed by atoms with Crippen molar-refractivity contribution in [1.82, 2.24) is 5.32 Å². The van der Waals surface area contributed by atoms with Crippen molar-refractivity contribution in [3.8, 4) is 0 Å². The molecule has 0 bridgehead atoms. The molecule has 1 atom stereocenters. The Kier molecular flexibility index (Phi) is 4.71. The fraction of sp³-hybridized carbons (Fsp3) is 0.538. The number of benzene rings is 1. The summed E-state index contributed by atoms with van der Waals surface area (Å²) >= 11 is 0. The second-order valence-electron chi connectivity index (χ2n) is 4.58. The van der Waals surface area contributed by atoms with E-state index in [-0.39, 0.29) is 17.0 Å².